The number of nitrogens with zero attached hydrogens (tertiary/aromatic N) is 1. The predicted octanol–water partition coefficient (Wildman–Crippen LogP) is 2.71. The van der Waals surface area contributed by atoms with Gasteiger partial charge in [0.2, 0.25) is 0 Å². The van der Waals surface area contributed by atoms with Crippen LogP contribution < -0.4 is 10.6 Å². The summed E-state index contributed by atoms with van der Waals surface area (Å²) in [6, 6.07) is 8.60. The van der Waals surface area contributed by atoms with Gasteiger partial charge in [-0.2, -0.15) is 0 Å². The highest BCUT2D eigenvalue weighted by Gasteiger charge is 2.32. The molecular weight excluding hydrogens is 224 g/mol. The van der Waals surface area contributed by atoms with E-state index in [4.69, 9.17) is 10.5 Å². The Labute approximate surface area is 110 Å². The van der Waals surface area contributed by atoms with Gasteiger partial charge >= 0.3 is 0 Å². The van der Waals surface area contributed by atoms with Gasteiger partial charge in [-0.15, -0.1) is 0 Å². The average Bonchev–Trinajstić information content (AvgIpc) is 2.37. The second kappa shape index (κ2) is 5.29. The van der Waals surface area contributed by atoms with Crippen molar-refractivity contribution in [1.29, 1.82) is 0 Å². The molecular formula is C15H24N2O. The minimum absolute atomic E-state index is 0.0296. The van der Waals surface area contributed by atoms with Crippen molar-refractivity contribution in [2.75, 3.05) is 24.7 Å². The summed E-state index contributed by atoms with van der Waals surface area (Å²) in [5.74, 6) is 0. The summed E-state index contributed by atoms with van der Waals surface area (Å²) >= 11 is 0. The summed E-state index contributed by atoms with van der Waals surface area (Å²) in [5, 5.41) is 0. The van der Waals surface area contributed by atoms with Crippen molar-refractivity contribution < 1.29 is 4.74 Å². The normalized spacial score (nSPS) is 20.8. The van der Waals surface area contributed by atoms with Crippen LogP contribution in [0.4, 0.5) is 5.69 Å². The maximum Gasteiger partial charge on any atom is 0.0694 e. The monoisotopic (exact) mass is 248 g/mol. The third-order valence-corrected chi connectivity index (χ3v) is 3.71. The van der Waals surface area contributed by atoms with Crippen molar-refractivity contribution in [3.63, 3.8) is 0 Å². The van der Waals surface area contributed by atoms with Crippen LogP contribution in [0.1, 0.15) is 38.8 Å². The van der Waals surface area contributed by atoms with E-state index >= 15 is 0 Å². The van der Waals surface area contributed by atoms with Crippen LogP contribution in [-0.2, 0) is 4.74 Å². The maximum absolute atomic E-state index is 6.23. The van der Waals surface area contributed by atoms with Crippen LogP contribution in [0, 0.1) is 0 Å². The molecule has 1 atom stereocenters. The van der Waals surface area contributed by atoms with E-state index in [-0.39, 0.29) is 11.6 Å². The second-order valence-corrected chi connectivity index (χ2v) is 5.59. The molecule has 3 heteroatoms. The molecule has 1 heterocycles. The van der Waals surface area contributed by atoms with Gasteiger partial charge in [0.1, 0.15) is 0 Å². The fourth-order valence-corrected chi connectivity index (χ4v) is 2.57. The molecule has 3 nitrogen and oxygen atoms in total. The Balaban J connectivity index is 2.37. The zero-order valence-corrected chi connectivity index (χ0v) is 11.6. The number of morpholine rings is 1. The Kier molecular flexibility index (Phi) is 3.93. The highest BCUT2D eigenvalue weighted by Crippen LogP contribution is 2.33. The number of hydrogen-bond acceptors (Lipinski definition) is 3. The van der Waals surface area contributed by atoms with Crippen LogP contribution in [0.2, 0.25) is 0 Å². The summed E-state index contributed by atoms with van der Waals surface area (Å²) in [7, 11) is 0. The van der Waals surface area contributed by atoms with Gasteiger partial charge in [0.05, 0.1) is 18.8 Å². The SMILES string of the molecule is CC[C@@H](N)c1ccccc1N1CCOCC1(C)C. The molecule has 0 amide bonds. The van der Waals surface area contributed by atoms with Crippen LogP contribution in [-0.4, -0.2) is 25.3 Å². The van der Waals surface area contributed by atoms with Gasteiger partial charge in [-0.3, -0.25) is 0 Å². The Morgan fingerprint density at radius 3 is 2.78 bits per heavy atom. The smallest absolute Gasteiger partial charge is 0.0694 e. The Hall–Kier alpha value is -1.06. The molecule has 0 spiro atoms. The Bertz CT molecular complexity index is 403. The first-order chi connectivity index (χ1) is 8.56. The minimum Gasteiger partial charge on any atom is -0.377 e. The molecule has 0 radical (unpaired) electrons. The largest absolute Gasteiger partial charge is 0.377 e. The Morgan fingerprint density at radius 2 is 2.11 bits per heavy atom. The quantitative estimate of drug-likeness (QED) is 0.894. The van der Waals surface area contributed by atoms with E-state index < -0.39 is 0 Å². The molecule has 0 aromatic heterocycles. The number of rotatable bonds is 3. The zero-order valence-electron chi connectivity index (χ0n) is 11.6. The first-order valence-electron chi connectivity index (χ1n) is 6.76. The molecule has 1 aliphatic heterocycles. The highest BCUT2D eigenvalue weighted by atomic mass is 16.5. The van der Waals surface area contributed by atoms with E-state index in [1.807, 2.05) is 0 Å². The number of nitrogens with two attached hydrogens (primary N) is 1. The number of ether oxygens (including phenoxy) is 1. The third-order valence-electron chi connectivity index (χ3n) is 3.71. The zero-order chi connectivity index (χ0) is 13.2. The van der Waals surface area contributed by atoms with Gasteiger partial charge in [-0.1, -0.05) is 25.1 Å². The van der Waals surface area contributed by atoms with Crippen molar-refractivity contribution in [1.82, 2.24) is 0 Å². The van der Waals surface area contributed by atoms with E-state index in [9.17, 15) is 0 Å². The van der Waals surface area contributed by atoms with Crippen molar-refractivity contribution in [2.24, 2.45) is 5.73 Å². The second-order valence-electron chi connectivity index (χ2n) is 5.59. The van der Waals surface area contributed by atoms with Crippen molar-refractivity contribution >= 4 is 5.69 Å². The summed E-state index contributed by atoms with van der Waals surface area (Å²) in [4.78, 5) is 2.43. The van der Waals surface area contributed by atoms with E-state index in [1.165, 1.54) is 11.3 Å². The molecule has 2 rings (SSSR count). The maximum atomic E-state index is 6.23. The number of anilines is 1. The molecule has 100 valence electrons. The number of benzene rings is 1. The highest BCUT2D eigenvalue weighted by molar-refractivity contribution is 5.57. The molecule has 2 N–H and O–H groups in total. The first-order valence-corrected chi connectivity index (χ1v) is 6.76. The predicted molar refractivity (Wildman–Crippen MR) is 75.9 cm³/mol. The fraction of sp³-hybridized carbons (Fsp3) is 0.600. The van der Waals surface area contributed by atoms with E-state index in [0.29, 0.717) is 0 Å². The molecule has 0 bridgehead atoms. The van der Waals surface area contributed by atoms with Crippen LogP contribution in [0.3, 0.4) is 0 Å². The van der Waals surface area contributed by atoms with Gasteiger partial charge in [0.15, 0.2) is 0 Å². The summed E-state index contributed by atoms with van der Waals surface area (Å²) in [6.45, 7) is 9.06. The molecule has 0 unspecified atom stereocenters. The average molecular weight is 248 g/mol. The molecule has 0 aliphatic carbocycles. The summed E-state index contributed by atoms with van der Waals surface area (Å²) in [6.07, 6.45) is 0.960. The fourth-order valence-electron chi connectivity index (χ4n) is 2.57. The minimum atomic E-state index is 0.0296. The lowest BCUT2D eigenvalue weighted by molar-refractivity contribution is 0.0642. The topological polar surface area (TPSA) is 38.5 Å². The van der Waals surface area contributed by atoms with Crippen molar-refractivity contribution in [3.05, 3.63) is 29.8 Å². The number of para-hydroxylation sites is 1. The molecule has 1 aromatic rings. The van der Waals surface area contributed by atoms with Gasteiger partial charge in [-0.05, 0) is 31.9 Å². The Morgan fingerprint density at radius 1 is 1.39 bits per heavy atom. The third kappa shape index (κ3) is 2.52. The van der Waals surface area contributed by atoms with E-state index in [1.54, 1.807) is 0 Å². The van der Waals surface area contributed by atoms with Crippen LogP contribution in [0.5, 0.6) is 0 Å². The van der Waals surface area contributed by atoms with E-state index in [0.717, 1.165) is 26.2 Å². The molecule has 1 fully saturated rings. The van der Waals surface area contributed by atoms with Crippen LogP contribution in [0.25, 0.3) is 0 Å². The first kappa shape index (κ1) is 13.4. The molecule has 1 aliphatic rings. The molecule has 1 saturated heterocycles. The molecule has 18 heavy (non-hydrogen) atoms. The standard InChI is InChI=1S/C15H24N2O/c1-4-13(16)12-7-5-6-8-14(12)17-9-10-18-11-15(17,2)3/h5-8,13H,4,9-11,16H2,1-3H3/t13-/m1/s1. The van der Waals surface area contributed by atoms with Gasteiger partial charge in [0.25, 0.3) is 0 Å². The lowest BCUT2D eigenvalue weighted by atomic mass is 9.96. The lowest BCUT2D eigenvalue weighted by Crippen LogP contribution is -2.53. The van der Waals surface area contributed by atoms with Crippen LogP contribution in [0.15, 0.2) is 24.3 Å². The van der Waals surface area contributed by atoms with Gasteiger partial charge in [-0.25, -0.2) is 0 Å². The van der Waals surface area contributed by atoms with Gasteiger partial charge in [0, 0.05) is 18.3 Å². The molecule has 0 saturated carbocycles. The van der Waals surface area contributed by atoms with Crippen molar-refractivity contribution in [3.8, 4) is 0 Å². The van der Waals surface area contributed by atoms with E-state index in [2.05, 4.69) is 49.9 Å². The summed E-state index contributed by atoms with van der Waals surface area (Å²) < 4.78 is 5.59. The van der Waals surface area contributed by atoms with Gasteiger partial charge < -0.3 is 15.4 Å². The van der Waals surface area contributed by atoms with Crippen molar-refractivity contribution in [2.45, 2.75) is 38.8 Å². The van der Waals surface area contributed by atoms with Crippen LogP contribution >= 0.6 is 0 Å². The number of hydrogen-bond donors (Lipinski definition) is 1. The lowest BCUT2D eigenvalue weighted by Gasteiger charge is -2.45. The summed E-state index contributed by atoms with van der Waals surface area (Å²) in [5.41, 5.74) is 8.77. The molecule has 1 aromatic carbocycles.